The highest BCUT2D eigenvalue weighted by Gasteiger charge is 2.22. The molecule has 146 valence electrons. The molecule has 1 atom stereocenters. The van der Waals surface area contributed by atoms with Gasteiger partial charge in [0.1, 0.15) is 11.4 Å². The van der Waals surface area contributed by atoms with Crippen molar-refractivity contribution < 1.29 is 9.53 Å². The maximum atomic E-state index is 12.9. The SMILES string of the molecule is Cc1c(NC(=O)[C@H](C)Oc2ccc(Cl)cc2Cl)c(=O)n(-c2ccccc2)n1C. The fourth-order valence-corrected chi connectivity index (χ4v) is 3.20. The van der Waals surface area contributed by atoms with E-state index in [0.717, 1.165) is 0 Å². The molecular formula is C20H19Cl2N3O3. The number of para-hydroxylation sites is 1. The number of aromatic nitrogens is 2. The molecule has 8 heteroatoms. The van der Waals surface area contributed by atoms with E-state index in [2.05, 4.69) is 5.32 Å². The summed E-state index contributed by atoms with van der Waals surface area (Å²) in [5.74, 6) is -0.128. The molecule has 0 aliphatic carbocycles. The van der Waals surface area contributed by atoms with Gasteiger partial charge in [-0.15, -0.1) is 0 Å². The molecule has 0 aliphatic rings. The third-order valence-electron chi connectivity index (χ3n) is 4.37. The monoisotopic (exact) mass is 419 g/mol. The van der Waals surface area contributed by atoms with Gasteiger partial charge >= 0.3 is 0 Å². The topological polar surface area (TPSA) is 65.3 Å². The summed E-state index contributed by atoms with van der Waals surface area (Å²) in [6, 6.07) is 13.9. The maximum absolute atomic E-state index is 12.9. The number of hydrogen-bond donors (Lipinski definition) is 1. The van der Waals surface area contributed by atoms with Crippen LogP contribution in [0.5, 0.6) is 5.75 Å². The van der Waals surface area contributed by atoms with Gasteiger partial charge in [-0.2, -0.15) is 0 Å². The molecule has 0 bridgehead atoms. The van der Waals surface area contributed by atoms with Crippen molar-refractivity contribution in [3.8, 4) is 11.4 Å². The number of rotatable bonds is 5. The van der Waals surface area contributed by atoms with Crippen LogP contribution >= 0.6 is 23.2 Å². The van der Waals surface area contributed by atoms with Gasteiger partial charge in [-0.3, -0.25) is 14.3 Å². The molecule has 0 unspecified atom stereocenters. The quantitative estimate of drug-likeness (QED) is 0.673. The normalized spacial score (nSPS) is 11.9. The summed E-state index contributed by atoms with van der Waals surface area (Å²) in [5.41, 5.74) is 1.21. The lowest BCUT2D eigenvalue weighted by atomic mass is 10.3. The molecule has 1 heterocycles. The second kappa shape index (κ2) is 8.12. The molecular weight excluding hydrogens is 401 g/mol. The van der Waals surface area contributed by atoms with Gasteiger partial charge < -0.3 is 10.1 Å². The van der Waals surface area contributed by atoms with E-state index in [1.54, 1.807) is 37.7 Å². The van der Waals surface area contributed by atoms with E-state index >= 15 is 0 Å². The minimum atomic E-state index is -0.872. The summed E-state index contributed by atoms with van der Waals surface area (Å²) in [4.78, 5) is 25.5. The maximum Gasteiger partial charge on any atom is 0.295 e. The predicted octanol–water partition coefficient (Wildman–Crippen LogP) is 4.20. The lowest BCUT2D eigenvalue weighted by Gasteiger charge is -2.15. The molecule has 3 rings (SSSR count). The van der Waals surface area contributed by atoms with E-state index < -0.39 is 12.0 Å². The van der Waals surface area contributed by atoms with Crippen molar-refractivity contribution in [3.05, 3.63) is 74.6 Å². The number of nitrogens with zero attached hydrogens (tertiary/aromatic N) is 2. The number of amides is 1. The van der Waals surface area contributed by atoms with E-state index in [4.69, 9.17) is 27.9 Å². The summed E-state index contributed by atoms with van der Waals surface area (Å²) >= 11 is 12.0. The fourth-order valence-electron chi connectivity index (χ4n) is 2.75. The Kier molecular flexibility index (Phi) is 5.82. The largest absolute Gasteiger partial charge is 0.479 e. The molecule has 0 radical (unpaired) electrons. The van der Waals surface area contributed by atoms with Crippen molar-refractivity contribution in [2.45, 2.75) is 20.0 Å². The molecule has 3 aromatic rings. The summed E-state index contributed by atoms with van der Waals surface area (Å²) in [5, 5.41) is 3.44. The highest BCUT2D eigenvalue weighted by Crippen LogP contribution is 2.28. The van der Waals surface area contributed by atoms with Crippen molar-refractivity contribution in [2.24, 2.45) is 7.05 Å². The zero-order chi connectivity index (χ0) is 20.4. The molecule has 0 saturated carbocycles. The van der Waals surface area contributed by atoms with Crippen LogP contribution in [0.3, 0.4) is 0 Å². The number of ether oxygens (including phenoxy) is 1. The van der Waals surface area contributed by atoms with Crippen molar-refractivity contribution in [1.29, 1.82) is 0 Å². The average Bonchev–Trinajstić information content (AvgIpc) is 2.88. The Hall–Kier alpha value is -2.70. The zero-order valence-corrected chi connectivity index (χ0v) is 17.1. The third-order valence-corrected chi connectivity index (χ3v) is 4.90. The Labute approximate surface area is 172 Å². The molecule has 2 aromatic carbocycles. The van der Waals surface area contributed by atoms with E-state index in [-0.39, 0.29) is 11.2 Å². The molecule has 0 spiro atoms. The van der Waals surface area contributed by atoms with Crippen LogP contribution in [0.4, 0.5) is 5.69 Å². The molecule has 6 nitrogen and oxygen atoms in total. The second-order valence-corrected chi connectivity index (χ2v) is 7.10. The molecule has 0 aliphatic heterocycles. The van der Waals surface area contributed by atoms with Gasteiger partial charge in [0.05, 0.1) is 16.4 Å². The van der Waals surface area contributed by atoms with Gasteiger partial charge in [-0.05, 0) is 44.2 Å². The zero-order valence-electron chi connectivity index (χ0n) is 15.6. The molecule has 1 N–H and O–H groups in total. The van der Waals surface area contributed by atoms with E-state index in [0.29, 0.717) is 27.2 Å². The number of halogens is 2. The first-order valence-electron chi connectivity index (χ1n) is 8.56. The predicted molar refractivity (Wildman–Crippen MR) is 111 cm³/mol. The average molecular weight is 420 g/mol. The van der Waals surface area contributed by atoms with Gasteiger partial charge in [-0.1, -0.05) is 41.4 Å². The van der Waals surface area contributed by atoms with Crippen molar-refractivity contribution in [2.75, 3.05) is 5.32 Å². The lowest BCUT2D eigenvalue weighted by Crippen LogP contribution is -2.32. The Morgan fingerprint density at radius 2 is 1.82 bits per heavy atom. The summed E-state index contributed by atoms with van der Waals surface area (Å²) in [7, 11) is 1.76. The fraction of sp³-hybridized carbons (Fsp3) is 0.200. The highest BCUT2D eigenvalue weighted by molar-refractivity contribution is 6.35. The number of carbonyl (C=O) groups is 1. The number of nitrogens with one attached hydrogen (secondary N) is 1. The van der Waals surface area contributed by atoms with Gasteiger partial charge in [-0.25, -0.2) is 4.68 Å². The number of carbonyl (C=O) groups excluding carboxylic acids is 1. The Balaban J connectivity index is 1.83. The van der Waals surface area contributed by atoms with Crippen LogP contribution in [0.2, 0.25) is 10.0 Å². The second-order valence-electron chi connectivity index (χ2n) is 6.26. The van der Waals surface area contributed by atoms with Crippen LogP contribution in [0.15, 0.2) is 53.3 Å². The summed E-state index contributed by atoms with van der Waals surface area (Å²) < 4.78 is 8.80. The van der Waals surface area contributed by atoms with Gasteiger partial charge in [0, 0.05) is 12.1 Å². The molecule has 1 aromatic heterocycles. The van der Waals surface area contributed by atoms with E-state index in [9.17, 15) is 9.59 Å². The first-order chi connectivity index (χ1) is 13.3. The number of hydrogen-bond acceptors (Lipinski definition) is 3. The first kappa shape index (κ1) is 20.0. The molecule has 1 amide bonds. The summed E-state index contributed by atoms with van der Waals surface area (Å²) in [6.45, 7) is 3.34. The Morgan fingerprint density at radius 3 is 2.46 bits per heavy atom. The minimum absolute atomic E-state index is 0.203. The Bertz CT molecular complexity index is 1070. The minimum Gasteiger partial charge on any atom is -0.479 e. The van der Waals surface area contributed by atoms with Crippen LogP contribution in [0, 0.1) is 6.92 Å². The van der Waals surface area contributed by atoms with Crippen LogP contribution in [0.1, 0.15) is 12.6 Å². The van der Waals surface area contributed by atoms with Gasteiger partial charge in [0.2, 0.25) is 0 Å². The smallest absolute Gasteiger partial charge is 0.295 e. The van der Waals surface area contributed by atoms with Gasteiger partial charge in [0.15, 0.2) is 6.10 Å². The Morgan fingerprint density at radius 1 is 1.14 bits per heavy atom. The van der Waals surface area contributed by atoms with Crippen LogP contribution in [0.25, 0.3) is 5.69 Å². The van der Waals surface area contributed by atoms with E-state index in [1.807, 2.05) is 30.3 Å². The number of benzene rings is 2. The first-order valence-corrected chi connectivity index (χ1v) is 9.31. The lowest BCUT2D eigenvalue weighted by molar-refractivity contribution is -0.122. The highest BCUT2D eigenvalue weighted by atomic mass is 35.5. The molecule has 28 heavy (non-hydrogen) atoms. The van der Waals surface area contributed by atoms with Crippen molar-refractivity contribution in [3.63, 3.8) is 0 Å². The van der Waals surface area contributed by atoms with Crippen LogP contribution < -0.4 is 15.6 Å². The van der Waals surface area contributed by atoms with E-state index in [1.165, 1.54) is 10.7 Å². The summed E-state index contributed by atoms with van der Waals surface area (Å²) in [6.07, 6.45) is -0.872. The van der Waals surface area contributed by atoms with Crippen molar-refractivity contribution >= 4 is 34.8 Å². The molecule has 0 saturated heterocycles. The van der Waals surface area contributed by atoms with Crippen molar-refractivity contribution in [1.82, 2.24) is 9.36 Å². The molecule has 0 fully saturated rings. The third kappa shape index (κ3) is 3.93. The van der Waals surface area contributed by atoms with Crippen LogP contribution in [-0.4, -0.2) is 21.4 Å². The van der Waals surface area contributed by atoms with Gasteiger partial charge in [0.25, 0.3) is 11.5 Å². The standard InChI is InChI=1S/C20H19Cl2N3O3/c1-12-18(20(27)25(24(12)3)15-7-5-4-6-8-15)23-19(26)13(2)28-17-10-9-14(21)11-16(17)22/h4-11,13H,1-3H3,(H,23,26)/t13-/m0/s1. The number of anilines is 1. The van der Waals surface area contributed by atoms with Crippen LogP contribution in [-0.2, 0) is 11.8 Å².